The van der Waals surface area contributed by atoms with E-state index < -0.39 is 0 Å². The topological polar surface area (TPSA) is 25.6 Å². The van der Waals surface area contributed by atoms with Gasteiger partial charge in [-0.25, -0.2) is 0 Å². The minimum Gasteiger partial charge on any atom is -0.354 e. The molecule has 0 spiro atoms. The molecule has 3 nitrogen and oxygen atoms in total. The number of nitrogens with one attached hydrogen (secondary N) is 1. The number of aromatic amines is 1. The van der Waals surface area contributed by atoms with Gasteiger partial charge >= 0.3 is 0 Å². The molecule has 0 saturated carbocycles. The van der Waals surface area contributed by atoms with Crippen LogP contribution < -0.4 is 0 Å². The van der Waals surface area contributed by atoms with Crippen molar-refractivity contribution in [2.75, 3.05) is 0 Å². The van der Waals surface area contributed by atoms with E-state index in [1.807, 2.05) is 0 Å². The minimum absolute atomic E-state index is 1.15. The predicted octanol–water partition coefficient (Wildman–Crippen LogP) is 14.5. The van der Waals surface area contributed by atoms with Gasteiger partial charge in [0.2, 0.25) is 0 Å². The maximum Gasteiger partial charge on any atom is 0.0544 e. The summed E-state index contributed by atoms with van der Waals surface area (Å²) in [4.78, 5) is 3.68. The van der Waals surface area contributed by atoms with Crippen LogP contribution in [0.3, 0.4) is 0 Å². The average Bonchev–Trinajstić information content (AvgIpc) is 3.94. The highest BCUT2D eigenvalue weighted by Crippen LogP contribution is 2.39. The Kier molecular flexibility index (Phi) is 6.93. The van der Waals surface area contributed by atoms with Crippen molar-refractivity contribution in [3.63, 3.8) is 0 Å². The normalized spacial score (nSPS) is 11.9. The number of benzene rings is 9. The van der Waals surface area contributed by atoms with Crippen molar-refractivity contribution < 1.29 is 0 Å². The molecule has 3 heteroatoms. The second-order valence-electron chi connectivity index (χ2n) is 15.0. The molecule has 0 bridgehead atoms. The highest BCUT2D eigenvalue weighted by Gasteiger charge is 2.17. The molecule has 3 aromatic heterocycles. The van der Waals surface area contributed by atoms with Crippen LogP contribution in [0.1, 0.15) is 0 Å². The summed E-state index contributed by atoms with van der Waals surface area (Å²) in [5.41, 5.74) is 16.7. The van der Waals surface area contributed by atoms with Crippen LogP contribution in [0.4, 0.5) is 0 Å². The summed E-state index contributed by atoms with van der Waals surface area (Å²) >= 11 is 0. The number of nitrogens with zero attached hydrogens (tertiary/aromatic N) is 2. The predicted molar refractivity (Wildman–Crippen MR) is 241 cm³/mol. The maximum absolute atomic E-state index is 3.68. The Labute approximate surface area is 329 Å². The zero-order valence-electron chi connectivity index (χ0n) is 31.0. The standard InChI is InChI=1S/C54H35N3/c1-2-11-35(12-3-1)36-21-27-40(28-22-36)56-50-19-8-5-14-44(50)47-33-38(25-31-52(47)56)39-26-32-53-48(34-39)45-15-6-9-20-51(45)57(53)41-29-23-37(24-30-41)42-16-10-17-46-43-13-4-7-18-49(43)55-54(42)46/h1-34,55H. The molecule has 9 aromatic carbocycles. The van der Waals surface area contributed by atoms with E-state index in [-0.39, 0.29) is 0 Å². The lowest BCUT2D eigenvalue weighted by molar-refractivity contribution is 1.18. The molecular formula is C54H35N3. The van der Waals surface area contributed by atoms with Crippen molar-refractivity contribution >= 4 is 65.4 Å². The van der Waals surface area contributed by atoms with Crippen LogP contribution in [0.5, 0.6) is 0 Å². The van der Waals surface area contributed by atoms with Gasteiger partial charge in [0.1, 0.15) is 0 Å². The molecule has 12 aromatic rings. The first-order valence-corrected chi connectivity index (χ1v) is 19.6. The molecule has 0 atom stereocenters. The van der Waals surface area contributed by atoms with Crippen molar-refractivity contribution in [2.45, 2.75) is 0 Å². The number of hydrogen-bond donors (Lipinski definition) is 1. The van der Waals surface area contributed by atoms with E-state index in [0.717, 1.165) is 16.9 Å². The molecule has 0 saturated heterocycles. The van der Waals surface area contributed by atoms with E-state index in [2.05, 4.69) is 220 Å². The van der Waals surface area contributed by atoms with E-state index >= 15 is 0 Å². The summed E-state index contributed by atoms with van der Waals surface area (Å²) in [5.74, 6) is 0. The Hall–Kier alpha value is -7.62. The van der Waals surface area contributed by atoms with Crippen LogP contribution in [0.25, 0.3) is 110 Å². The number of rotatable bonds is 5. The van der Waals surface area contributed by atoms with E-state index in [0.29, 0.717) is 0 Å². The Morgan fingerprint density at radius 3 is 1.35 bits per heavy atom. The Bertz CT molecular complexity index is 3490. The monoisotopic (exact) mass is 725 g/mol. The van der Waals surface area contributed by atoms with Crippen LogP contribution >= 0.6 is 0 Å². The van der Waals surface area contributed by atoms with E-state index in [1.165, 1.54) is 93.3 Å². The molecule has 266 valence electrons. The molecule has 0 aliphatic rings. The van der Waals surface area contributed by atoms with E-state index in [4.69, 9.17) is 0 Å². The fourth-order valence-corrected chi connectivity index (χ4v) is 9.20. The fourth-order valence-electron chi connectivity index (χ4n) is 9.20. The quantitative estimate of drug-likeness (QED) is 0.183. The summed E-state index contributed by atoms with van der Waals surface area (Å²) in [6, 6.07) is 75.1. The van der Waals surface area contributed by atoms with Crippen LogP contribution in [0.15, 0.2) is 206 Å². The van der Waals surface area contributed by atoms with Crippen LogP contribution in [0, 0.1) is 0 Å². The Morgan fingerprint density at radius 2 is 0.737 bits per heavy atom. The molecular weight excluding hydrogens is 691 g/mol. The first-order valence-electron chi connectivity index (χ1n) is 19.6. The van der Waals surface area contributed by atoms with Gasteiger partial charge in [0.05, 0.1) is 27.6 Å². The molecule has 0 radical (unpaired) electrons. The van der Waals surface area contributed by atoms with Gasteiger partial charge in [-0.3, -0.25) is 0 Å². The second-order valence-corrected chi connectivity index (χ2v) is 15.0. The number of fused-ring (bicyclic) bond motifs is 9. The van der Waals surface area contributed by atoms with Crippen molar-refractivity contribution in [3.05, 3.63) is 206 Å². The van der Waals surface area contributed by atoms with Crippen molar-refractivity contribution in [3.8, 4) is 44.8 Å². The third-order valence-electron chi connectivity index (χ3n) is 11.9. The molecule has 57 heavy (non-hydrogen) atoms. The molecule has 0 aliphatic heterocycles. The third kappa shape index (κ3) is 4.92. The molecule has 1 N–H and O–H groups in total. The smallest absolute Gasteiger partial charge is 0.0544 e. The summed E-state index contributed by atoms with van der Waals surface area (Å²) in [5, 5.41) is 7.51. The maximum atomic E-state index is 3.68. The lowest BCUT2D eigenvalue weighted by atomic mass is 10.0. The highest BCUT2D eigenvalue weighted by atomic mass is 15.0. The van der Waals surface area contributed by atoms with E-state index in [9.17, 15) is 0 Å². The van der Waals surface area contributed by atoms with Gasteiger partial charge in [0.25, 0.3) is 0 Å². The second kappa shape index (κ2) is 12.5. The average molecular weight is 726 g/mol. The van der Waals surface area contributed by atoms with Gasteiger partial charge < -0.3 is 14.1 Å². The van der Waals surface area contributed by atoms with Gasteiger partial charge in [0.15, 0.2) is 0 Å². The summed E-state index contributed by atoms with van der Waals surface area (Å²) in [6.07, 6.45) is 0. The number of hydrogen-bond acceptors (Lipinski definition) is 0. The third-order valence-corrected chi connectivity index (χ3v) is 11.9. The zero-order valence-corrected chi connectivity index (χ0v) is 31.0. The summed E-state index contributed by atoms with van der Waals surface area (Å²) in [6.45, 7) is 0. The van der Waals surface area contributed by atoms with Crippen molar-refractivity contribution in [1.29, 1.82) is 0 Å². The first kappa shape index (κ1) is 31.7. The molecule has 0 aliphatic carbocycles. The lowest BCUT2D eigenvalue weighted by Gasteiger charge is -2.11. The lowest BCUT2D eigenvalue weighted by Crippen LogP contribution is -1.94. The largest absolute Gasteiger partial charge is 0.354 e. The molecule has 0 unspecified atom stereocenters. The van der Waals surface area contributed by atoms with Gasteiger partial charge in [-0.1, -0.05) is 140 Å². The van der Waals surface area contributed by atoms with Gasteiger partial charge in [0, 0.05) is 54.8 Å². The van der Waals surface area contributed by atoms with E-state index in [1.54, 1.807) is 0 Å². The number of aromatic nitrogens is 3. The van der Waals surface area contributed by atoms with Crippen molar-refractivity contribution in [2.24, 2.45) is 0 Å². The zero-order chi connectivity index (χ0) is 37.5. The van der Waals surface area contributed by atoms with Gasteiger partial charge in [-0.2, -0.15) is 0 Å². The van der Waals surface area contributed by atoms with Gasteiger partial charge in [-0.05, 0) is 94.5 Å². The summed E-state index contributed by atoms with van der Waals surface area (Å²) < 4.78 is 4.80. The fraction of sp³-hybridized carbons (Fsp3) is 0. The molecule has 0 amide bonds. The minimum atomic E-state index is 1.15. The van der Waals surface area contributed by atoms with Crippen molar-refractivity contribution in [1.82, 2.24) is 14.1 Å². The molecule has 12 rings (SSSR count). The Morgan fingerprint density at radius 1 is 0.281 bits per heavy atom. The number of H-pyrrole nitrogens is 1. The Balaban J connectivity index is 0.947. The first-order chi connectivity index (χ1) is 28.3. The molecule has 3 heterocycles. The van der Waals surface area contributed by atoms with Crippen LogP contribution in [0.2, 0.25) is 0 Å². The highest BCUT2D eigenvalue weighted by molar-refractivity contribution is 6.14. The SMILES string of the molecule is c1ccc(-c2ccc(-n3c4ccccc4c4cc(-c5ccc6c(c5)c5ccccc5n6-c5ccc(-c6cccc7c6[nH]c6ccccc67)cc5)ccc43)cc2)cc1. The molecule has 0 fully saturated rings. The summed E-state index contributed by atoms with van der Waals surface area (Å²) in [7, 11) is 0. The van der Waals surface area contributed by atoms with Crippen LogP contribution in [-0.2, 0) is 0 Å². The van der Waals surface area contributed by atoms with Gasteiger partial charge in [-0.15, -0.1) is 0 Å². The van der Waals surface area contributed by atoms with Crippen LogP contribution in [-0.4, -0.2) is 14.1 Å². The number of para-hydroxylation sites is 4.